The first kappa shape index (κ1) is 15.9. The van der Waals surface area contributed by atoms with Crippen LogP contribution in [0.15, 0.2) is 0 Å². The molecule has 0 aliphatic carbocycles. The maximum Gasteiger partial charge on any atom is 0.237 e. The van der Waals surface area contributed by atoms with Crippen molar-refractivity contribution in [1.82, 2.24) is 16.0 Å². The summed E-state index contributed by atoms with van der Waals surface area (Å²) < 4.78 is 0. The first-order valence-electron chi connectivity index (χ1n) is 6.08. The molecule has 0 aliphatic heterocycles. The third-order valence-corrected chi connectivity index (χ3v) is 2.69. The molecule has 0 bridgehead atoms. The van der Waals surface area contributed by atoms with E-state index in [1.54, 1.807) is 0 Å². The summed E-state index contributed by atoms with van der Waals surface area (Å²) in [5.74, 6) is -0.0734. The molecule has 0 saturated heterocycles. The van der Waals surface area contributed by atoms with E-state index in [1.807, 2.05) is 27.7 Å². The first-order valence-corrected chi connectivity index (χ1v) is 6.08. The van der Waals surface area contributed by atoms with Crippen LogP contribution in [0.1, 0.15) is 41.0 Å². The second-order valence-electron chi connectivity index (χ2n) is 4.89. The standard InChI is InChI=1S/C12H25N3O2/c1-6-12(4,5)15-11(17)9(2)13-7-8-14-10(3)16/h9,13H,6-8H2,1-5H3,(H,14,16)(H,15,17). The second kappa shape index (κ2) is 7.27. The average Bonchev–Trinajstić information content (AvgIpc) is 2.23. The highest BCUT2D eigenvalue weighted by Crippen LogP contribution is 2.06. The molecular formula is C12H25N3O2. The molecule has 0 saturated carbocycles. The molecule has 0 spiro atoms. The minimum atomic E-state index is -0.255. The van der Waals surface area contributed by atoms with Crippen LogP contribution in [0.5, 0.6) is 0 Å². The first-order chi connectivity index (χ1) is 7.78. The highest BCUT2D eigenvalue weighted by Gasteiger charge is 2.21. The lowest BCUT2D eigenvalue weighted by atomic mass is 10.0. The Hall–Kier alpha value is -1.10. The molecule has 0 heterocycles. The second-order valence-corrected chi connectivity index (χ2v) is 4.89. The Morgan fingerprint density at radius 1 is 1.24 bits per heavy atom. The molecule has 17 heavy (non-hydrogen) atoms. The summed E-state index contributed by atoms with van der Waals surface area (Å²) in [5, 5.41) is 8.69. The van der Waals surface area contributed by atoms with Crippen molar-refractivity contribution >= 4 is 11.8 Å². The van der Waals surface area contributed by atoms with Gasteiger partial charge in [-0.3, -0.25) is 9.59 Å². The van der Waals surface area contributed by atoms with Crippen LogP contribution in [0.4, 0.5) is 0 Å². The van der Waals surface area contributed by atoms with Crippen LogP contribution in [0, 0.1) is 0 Å². The summed E-state index contributed by atoms with van der Waals surface area (Å²) in [6.45, 7) is 10.4. The number of carbonyl (C=O) groups excluding carboxylic acids is 2. The quantitative estimate of drug-likeness (QED) is 0.567. The Morgan fingerprint density at radius 3 is 2.29 bits per heavy atom. The van der Waals surface area contributed by atoms with E-state index in [-0.39, 0.29) is 23.4 Å². The molecule has 0 aliphatic rings. The molecule has 0 aromatic rings. The maximum absolute atomic E-state index is 11.8. The fraction of sp³-hybridized carbons (Fsp3) is 0.833. The van der Waals surface area contributed by atoms with Crippen molar-refractivity contribution in [2.75, 3.05) is 13.1 Å². The van der Waals surface area contributed by atoms with Crippen LogP contribution in [0.2, 0.25) is 0 Å². The van der Waals surface area contributed by atoms with E-state index >= 15 is 0 Å². The molecule has 100 valence electrons. The van der Waals surface area contributed by atoms with E-state index < -0.39 is 0 Å². The third kappa shape index (κ3) is 7.74. The van der Waals surface area contributed by atoms with Gasteiger partial charge in [-0.25, -0.2) is 0 Å². The third-order valence-electron chi connectivity index (χ3n) is 2.69. The fourth-order valence-electron chi connectivity index (χ4n) is 1.15. The minimum absolute atomic E-state index is 0.0142. The lowest BCUT2D eigenvalue weighted by Gasteiger charge is -2.26. The van der Waals surface area contributed by atoms with Crippen LogP contribution in [-0.2, 0) is 9.59 Å². The van der Waals surface area contributed by atoms with Crippen molar-refractivity contribution in [1.29, 1.82) is 0 Å². The molecule has 0 radical (unpaired) electrons. The van der Waals surface area contributed by atoms with Gasteiger partial charge < -0.3 is 16.0 Å². The Morgan fingerprint density at radius 2 is 1.82 bits per heavy atom. The number of hydrogen-bond acceptors (Lipinski definition) is 3. The molecule has 3 N–H and O–H groups in total. The maximum atomic E-state index is 11.8. The lowest BCUT2D eigenvalue weighted by molar-refractivity contribution is -0.124. The predicted octanol–water partition coefficient (Wildman–Crippen LogP) is 0.405. The van der Waals surface area contributed by atoms with Gasteiger partial charge >= 0.3 is 0 Å². The van der Waals surface area contributed by atoms with Crippen LogP contribution in [0.3, 0.4) is 0 Å². The van der Waals surface area contributed by atoms with Crippen LogP contribution in [-0.4, -0.2) is 36.5 Å². The molecular weight excluding hydrogens is 218 g/mol. The van der Waals surface area contributed by atoms with E-state index in [4.69, 9.17) is 0 Å². The van der Waals surface area contributed by atoms with Gasteiger partial charge in [-0.05, 0) is 27.2 Å². The van der Waals surface area contributed by atoms with E-state index in [0.29, 0.717) is 13.1 Å². The SMILES string of the molecule is CCC(C)(C)NC(=O)C(C)NCCNC(C)=O. The molecule has 0 aromatic heterocycles. The monoisotopic (exact) mass is 243 g/mol. The van der Waals surface area contributed by atoms with Gasteiger partial charge in [-0.2, -0.15) is 0 Å². The number of rotatable bonds is 7. The van der Waals surface area contributed by atoms with Crippen molar-refractivity contribution in [3.63, 3.8) is 0 Å². The number of nitrogens with one attached hydrogen (secondary N) is 3. The summed E-state index contributed by atoms with van der Waals surface area (Å²) in [6, 6.07) is -0.255. The van der Waals surface area contributed by atoms with Gasteiger partial charge in [0.15, 0.2) is 0 Å². The van der Waals surface area contributed by atoms with Gasteiger partial charge in [0.2, 0.25) is 11.8 Å². The van der Waals surface area contributed by atoms with E-state index in [1.165, 1.54) is 6.92 Å². The number of hydrogen-bond donors (Lipinski definition) is 3. The molecule has 5 nitrogen and oxygen atoms in total. The van der Waals surface area contributed by atoms with Crippen LogP contribution in [0.25, 0.3) is 0 Å². The zero-order chi connectivity index (χ0) is 13.5. The average molecular weight is 243 g/mol. The Labute approximate surface area is 104 Å². The van der Waals surface area contributed by atoms with Gasteiger partial charge in [-0.1, -0.05) is 6.92 Å². The minimum Gasteiger partial charge on any atom is -0.355 e. The smallest absolute Gasteiger partial charge is 0.237 e. The summed E-state index contributed by atoms with van der Waals surface area (Å²) in [7, 11) is 0. The topological polar surface area (TPSA) is 70.2 Å². The van der Waals surface area contributed by atoms with Crippen molar-refractivity contribution in [3.8, 4) is 0 Å². The van der Waals surface area contributed by atoms with Gasteiger partial charge in [0.25, 0.3) is 0 Å². The molecule has 5 heteroatoms. The van der Waals surface area contributed by atoms with Gasteiger partial charge in [0.05, 0.1) is 6.04 Å². The number of amides is 2. The zero-order valence-corrected chi connectivity index (χ0v) is 11.5. The van der Waals surface area contributed by atoms with Gasteiger partial charge in [0.1, 0.15) is 0 Å². The van der Waals surface area contributed by atoms with E-state index in [2.05, 4.69) is 16.0 Å². The summed E-state index contributed by atoms with van der Waals surface area (Å²) >= 11 is 0. The largest absolute Gasteiger partial charge is 0.355 e. The molecule has 2 amide bonds. The van der Waals surface area contributed by atoms with Crippen molar-refractivity contribution < 1.29 is 9.59 Å². The summed E-state index contributed by atoms with van der Waals surface area (Å²) in [6.07, 6.45) is 0.886. The van der Waals surface area contributed by atoms with E-state index in [0.717, 1.165) is 6.42 Å². The number of carbonyl (C=O) groups is 2. The molecule has 0 aromatic carbocycles. The van der Waals surface area contributed by atoms with Gasteiger partial charge in [-0.15, -0.1) is 0 Å². The van der Waals surface area contributed by atoms with Crippen molar-refractivity contribution in [2.24, 2.45) is 0 Å². The molecule has 1 unspecified atom stereocenters. The lowest BCUT2D eigenvalue weighted by Crippen LogP contribution is -2.51. The van der Waals surface area contributed by atoms with Crippen LogP contribution < -0.4 is 16.0 Å². The predicted molar refractivity (Wildman–Crippen MR) is 68.7 cm³/mol. The molecule has 0 rings (SSSR count). The summed E-state index contributed by atoms with van der Waals surface area (Å²) in [5.41, 5.74) is -0.176. The fourth-order valence-corrected chi connectivity index (χ4v) is 1.15. The van der Waals surface area contributed by atoms with E-state index in [9.17, 15) is 9.59 Å². The van der Waals surface area contributed by atoms with Crippen LogP contribution >= 0.6 is 0 Å². The highest BCUT2D eigenvalue weighted by atomic mass is 16.2. The van der Waals surface area contributed by atoms with Crippen molar-refractivity contribution in [3.05, 3.63) is 0 Å². The normalized spacial score (nSPS) is 13.0. The zero-order valence-electron chi connectivity index (χ0n) is 11.5. The molecule has 0 fully saturated rings. The van der Waals surface area contributed by atoms with Gasteiger partial charge in [0, 0.05) is 25.6 Å². The highest BCUT2D eigenvalue weighted by molar-refractivity contribution is 5.82. The van der Waals surface area contributed by atoms with Crippen molar-refractivity contribution in [2.45, 2.75) is 52.6 Å². The summed E-state index contributed by atoms with van der Waals surface area (Å²) in [4.78, 5) is 22.4. The molecule has 1 atom stereocenters. The Kier molecular flexibility index (Phi) is 6.80. The Balaban J connectivity index is 3.86. The Bertz CT molecular complexity index is 264.